The summed E-state index contributed by atoms with van der Waals surface area (Å²) in [5.74, 6) is 0.235. The highest BCUT2D eigenvalue weighted by Crippen LogP contribution is 2.32. The molecule has 0 unspecified atom stereocenters. The molecular formula is C27H20FN7O. The number of nitrogens with one attached hydrogen (secondary N) is 3. The standard InChI is InChI=1S/C27H20FN7O/c1-2-24(36)31-18-10-16(12-29-13-18)22-11-20-23(14-30-22)34-35-26(20)27-32-21-5-3-4-19(25(21)33-27)15-6-8-17(28)9-7-15/h3-14H,2H2,1H3,(H,31,36)(H,32,33)(H,34,35). The van der Waals surface area contributed by atoms with Crippen molar-refractivity contribution in [1.82, 2.24) is 30.1 Å². The van der Waals surface area contributed by atoms with Crippen molar-refractivity contribution < 1.29 is 9.18 Å². The number of hydrogen-bond acceptors (Lipinski definition) is 5. The van der Waals surface area contributed by atoms with Crippen molar-refractivity contribution in [1.29, 1.82) is 0 Å². The molecule has 0 saturated carbocycles. The average molecular weight is 478 g/mol. The summed E-state index contributed by atoms with van der Waals surface area (Å²) >= 11 is 0. The minimum atomic E-state index is -0.283. The van der Waals surface area contributed by atoms with Crippen molar-refractivity contribution >= 4 is 33.5 Å². The molecule has 6 aromatic rings. The van der Waals surface area contributed by atoms with Crippen LogP contribution in [0.15, 0.2) is 73.2 Å². The minimum Gasteiger partial charge on any atom is -0.337 e. The van der Waals surface area contributed by atoms with Gasteiger partial charge >= 0.3 is 0 Å². The third-order valence-corrected chi connectivity index (χ3v) is 5.98. The number of aromatic amines is 2. The van der Waals surface area contributed by atoms with Gasteiger partial charge < -0.3 is 10.3 Å². The molecule has 0 aliphatic rings. The SMILES string of the molecule is CCC(=O)Nc1cncc(-c2cc3c(-c4nc5c(-c6ccc(F)cc6)cccc5[nH]4)n[nH]c3cn2)c1. The molecule has 0 fully saturated rings. The molecule has 0 radical (unpaired) electrons. The zero-order chi connectivity index (χ0) is 24.6. The molecular weight excluding hydrogens is 457 g/mol. The number of anilines is 1. The fraction of sp³-hybridized carbons (Fsp3) is 0.0741. The van der Waals surface area contributed by atoms with Gasteiger partial charge in [0.05, 0.1) is 40.3 Å². The second kappa shape index (κ2) is 8.70. The van der Waals surface area contributed by atoms with Crippen molar-refractivity contribution in [3.63, 3.8) is 0 Å². The molecule has 176 valence electrons. The topological polar surface area (TPSA) is 112 Å². The van der Waals surface area contributed by atoms with Crippen LogP contribution >= 0.6 is 0 Å². The third-order valence-electron chi connectivity index (χ3n) is 5.98. The van der Waals surface area contributed by atoms with Gasteiger partial charge in [-0.15, -0.1) is 0 Å². The lowest BCUT2D eigenvalue weighted by Gasteiger charge is -2.06. The number of carbonyl (C=O) groups excluding carboxylic acids is 1. The summed E-state index contributed by atoms with van der Waals surface area (Å²) in [6, 6.07) is 16.0. The first kappa shape index (κ1) is 21.6. The zero-order valence-electron chi connectivity index (χ0n) is 19.2. The number of rotatable bonds is 5. The van der Waals surface area contributed by atoms with Crippen LogP contribution in [0.4, 0.5) is 10.1 Å². The maximum absolute atomic E-state index is 13.4. The van der Waals surface area contributed by atoms with Gasteiger partial charge in [0.1, 0.15) is 11.5 Å². The molecule has 2 aromatic carbocycles. The van der Waals surface area contributed by atoms with Crippen LogP contribution < -0.4 is 5.32 Å². The van der Waals surface area contributed by atoms with Gasteiger partial charge in [-0.05, 0) is 35.9 Å². The number of fused-ring (bicyclic) bond motifs is 2. The molecule has 0 atom stereocenters. The highest BCUT2D eigenvalue weighted by molar-refractivity contribution is 5.98. The van der Waals surface area contributed by atoms with E-state index in [1.165, 1.54) is 12.1 Å². The number of carbonyl (C=O) groups is 1. The summed E-state index contributed by atoms with van der Waals surface area (Å²) in [5.41, 5.74) is 6.87. The second-order valence-corrected chi connectivity index (χ2v) is 8.35. The van der Waals surface area contributed by atoms with Crippen molar-refractivity contribution in [3.05, 3.63) is 79.0 Å². The lowest BCUT2D eigenvalue weighted by molar-refractivity contribution is -0.115. The normalized spacial score (nSPS) is 11.3. The summed E-state index contributed by atoms with van der Waals surface area (Å²) in [4.78, 5) is 28.8. The Morgan fingerprint density at radius 3 is 2.69 bits per heavy atom. The van der Waals surface area contributed by atoms with Gasteiger partial charge in [0.2, 0.25) is 5.91 Å². The van der Waals surface area contributed by atoms with Crippen LogP contribution in [0, 0.1) is 5.82 Å². The predicted molar refractivity (Wildman–Crippen MR) is 137 cm³/mol. The van der Waals surface area contributed by atoms with E-state index in [2.05, 4.69) is 30.5 Å². The number of pyridine rings is 2. The quantitative estimate of drug-likeness (QED) is 0.294. The van der Waals surface area contributed by atoms with Gasteiger partial charge in [0, 0.05) is 29.1 Å². The molecule has 0 aliphatic carbocycles. The van der Waals surface area contributed by atoms with E-state index in [0.717, 1.165) is 38.6 Å². The largest absolute Gasteiger partial charge is 0.337 e. The number of halogens is 1. The number of para-hydroxylation sites is 1. The highest BCUT2D eigenvalue weighted by Gasteiger charge is 2.16. The fourth-order valence-corrected chi connectivity index (χ4v) is 4.16. The van der Waals surface area contributed by atoms with E-state index < -0.39 is 0 Å². The van der Waals surface area contributed by atoms with Crippen LogP contribution in [0.1, 0.15) is 13.3 Å². The first-order valence-electron chi connectivity index (χ1n) is 11.4. The van der Waals surface area contributed by atoms with Gasteiger partial charge in [-0.3, -0.25) is 19.9 Å². The van der Waals surface area contributed by atoms with Crippen molar-refractivity contribution in [3.8, 4) is 33.9 Å². The van der Waals surface area contributed by atoms with Crippen LogP contribution in [-0.4, -0.2) is 36.0 Å². The van der Waals surface area contributed by atoms with Gasteiger partial charge in [0.25, 0.3) is 0 Å². The summed E-state index contributed by atoms with van der Waals surface area (Å²) in [7, 11) is 0. The Balaban J connectivity index is 1.42. The third kappa shape index (κ3) is 3.86. The second-order valence-electron chi connectivity index (χ2n) is 8.35. The van der Waals surface area contributed by atoms with Crippen LogP contribution in [-0.2, 0) is 4.79 Å². The van der Waals surface area contributed by atoms with Crippen LogP contribution in [0.25, 0.3) is 55.8 Å². The first-order chi connectivity index (χ1) is 17.6. The molecule has 1 amide bonds. The van der Waals surface area contributed by atoms with E-state index >= 15 is 0 Å². The summed E-state index contributed by atoms with van der Waals surface area (Å²) in [6.45, 7) is 1.79. The average Bonchev–Trinajstić information content (AvgIpc) is 3.53. The van der Waals surface area contributed by atoms with Gasteiger partial charge in [-0.1, -0.05) is 31.2 Å². The summed E-state index contributed by atoms with van der Waals surface area (Å²) in [5, 5.41) is 11.2. The molecule has 6 rings (SSSR count). The summed E-state index contributed by atoms with van der Waals surface area (Å²) < 4.78 is 13.4. The maximum atomic E-state index is 13.4. The molecule has 9 heteroatoms. The van der Waals surface area contributed by atoms with Crippen molar-refractivity contribution in [2.75, 3.05) is 5.32 Å². The van der Waals surface area contributed by atoms with Crippen LogP contribution in [0.5, 0.6) is 0 Å². The van der Waals surface area contributed by atoms with E-state index in [1.807, 2.05) is 30.3 Å². The number of amides is 1. The maximum Gasteiger partial charge on any atom is 0.224 e. The minimum absolute atomic E-state index is 0.0839. The number of H-pyrrole nitrogens is 2. The number of nitrogens with zero attached hydrogens (tertiary/aromatic N) is 4. The molecule has 4 heterocycles. The van der Waals surface area contributed by atoms with E-state index in [1.54, 1.807) is 37.6 Å². The monoisotopic (exact) mass is 477 g/mol. The van der Waals surface area contributed by atoms with Gasteiger partial charge in [-0.2, -0.15) is 5.10 Å². The number of hydrogen-bond donors (Lipinski definition) is 3. The Morgan fingerprint density at radius 2 is 1.86 bits per heavy atom. The van der Waals surface area contributed by atoms with Crippen molar-refractivity contribution in [2.24, 2.45) is 0 Å². The zero-order valence-corrected chi connectivity index (χ0v) is 19.2. The number of aromatic nitrogens is 6. The molecule has 4 aromatic heterocycles. The Bertz CT molecular complexity index is 1740. The molecule has 3 N–H and O–H groups in total. The first-order valence-corrected chi connectivity index (χ1v) is 11.4. The fourth-order valence-electron chi connectivity index (χ4n) is 4.16. The Kier molecular flexibility index (Phi) is 5.22. The van der Waals surface area contributed by atoms with E-state index in [9.17, 15) is 9.18 Å². The van der Waals surface area contributed by atoms with Crippen LogP contribution in [0.3, 0.4) is 0 Å². The van der Waals surface area contributed by atoms with Gasteiger partial charge in [0.15, 0.2) is 5.82 Å². The summed E-state index contributed by atoms with van der Waals surface area (Å²) in [6.07, 6.45) is 5.40. The Labute approximate surface area is 204 Å². The van der Waals surface area contributed by atoms with E-state index in [0.29, 0.717) is 29.3 Å². The molecule has 36 heavy (non-hydrogen) atoms. The smallest absolute Gasteiger partial charge is 0.224 e. The molecule has 0 spiro atoms. The van der Waals surface area contributed by atoms with Crippen LogP contribution in [0.2, 0.25) is 0 Å². The Hall–Kier alpha value is -4.92. The molecule has 0 saturated heterocycles. The molecule has 0 bridgehead atoms. The lowest BCUT2D eigenvalue weighted by atomic mass is 10.0. The Morgan fingerprint density at radius 1 is 1.00 bits per heavy atom. The number of imidazole rings is 1. The number of benzene rings is 2. The lowest BCUT2D eigenvalue weighted by Crippen LogP contribution is -2.09. The van der Waals surface area contributed by atoms with Crippen molar-refractivity contribution in [2.45, 2.75) is 13.3 Å². The van der Waals surface area contributed by atoms with E-state index in [-0.39, 0.29) is 11.7 Å². The van der Waals surface area contributed by atoms with E-state index in [4.69, 9.17) is 4.98 Å². The highest BCUT2D eigenvalue weighted by atomic mass is 19.1. The molecule has 0 aliphatic heterocycles. The molecule has 8 nitrogen and oxygen atoms in total. The van der Waals surface area contributed by atoms with Gasteiger partial charge in [-0.25, -0.2) is 9.37 Å². The predicted octanol–water partition coefficient (Wildman–Crippen LogP) is 5.72.